The summed E-state index contributed by atoms with van der Waals surface area (Å²) < 4.78 is 56.1. The van der Waals surface area contributed by atoms with E-state index in [1.807, 2.05) is 0 Å². The smallest absolute Gasteiger partial charge is 0.396 e. The van der Waals surface area contributed by atoms with Crippen LogP contribution in [0.25, 0.3) is 0 Å². The minimum Gasteiger partial charge on any atom is -0.466 e. The standard InChI is InChI=1S/C12H13F4NO2/c1-2-19-11(18)6-8(12(14,15)16)7-3-4-9(13)10(17)5-7/h3-5,8H,2,6,17H2,1H3. The number of hydrogen-bond acceptors (Lipinski definition) is 3. The molecule has 106 valence electrons. The van der Waals surface area contributed by atoms with E-state index >= 15 is 0 Å². The number of carbonyl (C=O) groups is 1. The minimum atomic E-state index is -4.64. The molecule has 1 unspecified atom stereocenters. The van der Waals surface area contributed by atoms with Gasteiger partial charge in [0.2, 0.25) is 0 Å². The lowest BCUT2D eigenvalue weighted by molar-refractivity contribution is -0.166. The van der Waals surface area contributed by atoms with Gasteiger partial charge in [-0.25, -0.2) is 4.39 Å². The van der Waals surface area contributed by atoms with Crippen LogP contribution in [0.1, 0.15) is 24.8 Å². The molecular formula is C12H13F4NO2. The van der Waals surface area contributed by atoms with Crippen LogP contribution in [0.2, 0.25) is 0 Å². The van der Waals surface area contributed by atoms with Crippen molar-refractivity contribution >= 4 is 11.7 Å². The molecule has 0 aliphatic carbocycles. The Morgan fingerprint density at radius 2 is 2.05 bits per heavy atom. The van der Waals surface area contributed by atoms with Crippen molar-refractivity contribution < 1.29 is 27.1 Å². The van der Waals surface area contributed by atoms with E-state index in [1.54, 1.807) is 0 Å². The highest BCUT2D eigenvalue weighted by Gasteiger charge is 2.42. The van der Waals surface area contributed by atoms with Crippen molar-refractivity contribution in [2.75, 3.05) is 12.3 Å². The molecule has 7 heteroatoms. The van der Waals surface area contributed by atoms with Crippen LogP contribution in [0.15, 0.2) is 18.2 Å². The summed E-state index contributed by atoms with van der Waals surface area (Å²) in [6.45, 7) is 1.49. The first kappa shape index (κ1) is 15.3. The van der Waals surface area contributed by atoms with E-state index in [9.17, 15) is 22.4 Å². The number of carbonyl (C=O) groups excluding carboxylic acids is 1. The maximum absolute atomic E-state index is 12.9. The van der Waals surface area contributed by atoms with Crippen molar-refractivity contribution in [2.45, 2.75) is 25.4 Å². The monoisotopic (exact) mass is 279 g/mol. The van der Waals surface area contributed by atoms with E-state index in [2.05, 4.69) is 4.74 Å². The first-order chi connectivity index (χ1) is 8.75. The Morgan fingerprint density at radius 3 is 2.53 bits per heavy atom. The molecule has 3 nitrogen and oxygen atoms in total. The van der Waals surface area contributed by atoms with Gasteiger partial charge in [0.15, 0.2) is 0 Å². The number of alkyl halides is 3. The van der Waals surface area contributed by atoms with Crippen LogP contribution in [0.5, 0.6) is 0 Å². The second-order valence-electron chi connectivity index (χ2n) is 3.88. The van der Waals surface area contributed by atoms with Crippen molar-refractivity contribution in [3.8, 4) is 0 Å². The third-order valence-electron chi connectivity index (χ3n) is 2.49. The second kappa shape index (κ2) is 5.90. The summed E-state index contributed by atoms with van der Waals surface area (Å²) >= 11 is 0. The van der Waals surface area contributed by atoms with Gasteiger partial charge >= 0.3 is 12.1 Å². The summed E-state index contributed by atoms with van der Waals surface area (Å²) in [6, 6.07) is 2.68. The molecule has 19 heavy (non-hydrogen) atoms. The van der Waals surface area contributed by atoms with Crippen LogP contribution in [-0.2, 0) is 9.53 Å². The normalized spacial score (nSPS) is 13.1. The summed E-state index contributed by atoms with van der Waals surface area (Å²) in [4.78, 5) is 11.2. The maximum Gasteiger partial charge on any atom is 0.396 e. The van der Waals surface area contributed by atoms with E-state index in [1.165, 1.54) is 6.92 Å². The minimum absolute atomic E-state index is 0.00499. The summed E-state index contributed by atoms with van der Waals surface area (Å²) in [5, 5.41) is 0. The number of rotatable bonds is 4. The van der Waals surface area contributed by atoms with Crippen LogP contribution in [0, 0.1) is 5.82 Å². The lowest BCUT2D eigenvalue weighted by Crippen LogP contribution is -2.24. The molecule has 1 rings (SSSR count). The number of esters is 1. The number of nitrogens with two attached hydrogens (primary N) is 1. The van der Waals surface area contributed by atoms with Gasteiger partial charge in [0, 0.05) is 0 Å². The fourth-order valence-corrected chi connectivity index (χ4v) is 1.59. The highest BCUT2D eigenvalue weighted by Crippen LogP contribution is 2.38. The predicted octanol–water partition coefficient (Wildman–Crippen LogP) is 3.01. The first-order valence-corrected chi connectivity index (χ1v) is 5.53. The topological polar surface area (TPSA) is 52.3 Å². The SMILES string of the molecule is CCOC(=O)CC(c1ccc(F)c(N)c1)C(F)(F)F. The van der Waals surface area contributed by atoms with Gasteiger partial charge in [-0.3, -0.25) is 4.79 Å². The van der Waals surface area contributed by atoms with Crippen molar-refractivity contribution in [1.29, 1.82) is 0 Å². The van der Waals surface area contributed by atoms with Crippen molar-refractivity contribution in [2.24, 2.45) is 0 Å². The molecule has 0 bridgehead atoms. The van der Waals surface area contributed by atoms with Gasteiger partial charge in [-0.15, -0.1) is 0 Å². The Bertz CT molecular complexity index is 460. The largest absolute Gasteiger partial charge is 0.466 e. The molecule has 0 radical (unpaired) electrons. The Kier molecular flexibility index (Phi) is 4.74. The average molecular weight is 279 g/mol. The Balaban J connectivity index is 3.03. The zero-order valence-corrected chi connectivity index (χ0v) is 10.1. The Hall–Kier alpha value is -1.79. The van der Waals surface area contributed by atoms with Gasteiger partial charge in [-0.2, -0.15) is 13.2 Å². The highest BCUT2D eigenvalue weighted by atomic mass is 19.4. The number of halogens is 4. The number of nitrogen functional groups attached to an aromatic ring is 1. The van der Waals surface area contributed by atoms with Gasteiger partial charge in [0.25, 0.3) is 0 Å². The molecule has 1 aromatic carbocycles. The van der Waals surface area contributed by atoms with Crippen LogP contribution in [-0.4, -0.2) is 18.8 Å². The maximum atomic E-state index is 12.9. The molecule has 0 aliphatic heterocycles. The fraction of sp³-hybridized carbons (Fsp3) is 0.417. The van der Waals surface area contributed by atoms with Gasteiger partial charge in [-0.1, -0.05) is 6.07 Å². The van der Waals surface area contributed by atoms with Gasteiger partial charge in [-0.05, 0) is 24.6 Å². The van der Waals surface area contributed by atoms with Crippen LogP contribution >= 0.6 is 0 Å². The third kappa shape index (κ3) is 4.11. The number of anilines is 1. The second-order valence-corrected chi connectivity index (χ2v) is 3.88. The summed E-state index contributed by atoms with van der Waals surface area (Å²) in [7, 11) is 0. The van der Waals surface area contributed by atoms with Crippen molar-refractivity contribution in [3.05, 3.63) is 29.6 Å². The average Bonchev–Trinajstić information content (AvgIpc) is 2.29. The van der Waals surface area contributed by atoms with Crippen molar-refractivity contribution in [1.82, 2.24) is 0 Å². The molecular weight excluding hydrogens is 266 g/mol. The number of benzene rings is 1. The lowest BCUT2D eigenvalue weighted by atomic mass is 9.94. The first-order valence-electron chi connectivity index (χ1n) is 5.53. The Labute approximate surface area is 107 Å². The van der Waals surface area contributed by atoms with Gasteiger partial charge in [0.1, 0.15) is 5.82 Å². The zero-order chi connectivity index (χ0) is 14.6. The molecule has 0 amide bonds. The quantitative estimate of drug-likeness (QED) is 0.523. The molecule has 0 fully saturated rings. The predicted molar refractivity (Wildman–Crippen MR) is 60.9 cm³/mol. The van der Waals surface area contributed by atoms with E-state index in [-0.39, 0.29) is 12.2 Å². The molecule has 2 N–H and O–H groups in total. The van der Waals surface area contributed by atoms with Gasteiger partial charge < -0.3 is 10.5 Å². The van der Waals surface area contributed by atoms with E-state index in [0.29, 0.717) is 0 Å². The Morgan fingerprint density at radius 1 is 1.42 bits per heavy atom. The molecule has 0 spiro atoms. The van der Waals surface area contributed by atoms with Crippen LogP contribution in [0.3, 0.4) is 0 Å². The summed E-state index contributed by atoms with van der Waals surface area (Å²) in [6.07, 6.45) is -5.50. The molecule has 0 aromatic heterocycles. The molecule has 0 saturated heterocycles. The van der Waals surface area contributed by atoms with E-state index in [4.69, 9.17) is 5.73 Å². The molecule has 0 heterocycles. The summed E-state index contributed by atoms with van der Waals surface area (Å²) in [5.74, 6) is -3.83. The molecule has 0 saturated carbocycles. The molecule has 0 aliphatic rings. The summed E-state index contributed by atoms with van der Waals surface area (Å²) in [5.41, 5.74) is 4.58. The number of ether oxygens (including phenoxy) is 1. The van der Waals surface area contributed by atoms with Crippen LogP contribution < -0.4 is 5.73 Å². The molecule has 1 aromatic rings. The van der Waals surface area contributed by atoms with E-state index in [0.717, 1.165) is 18.2 Å². The van der Waals surface area contributed by atoms with Crippen LogP contribution in [0.4, 0.5) is 23.2 Å². The number of hydrogen-bond donors (Lipinski definition) is 1. The third-order valence-corrected chi connectivity index (χ3v) is 2.49. The molecule has 1 atom stereocenters. The highest BCUT2D eigenvalue weighted by molar-refractivity contribution is 5.70. The van der Waals surface area contributed by atoms with E-state index < -0.39 is 36.0 Å². The fourth-order valence-electron chi connectivity index (χ4n) is 1.59. The lowest BCUT2D eigenvalue weighted by Gasteiger charge is -2.20. The zero-order valence-electron chi connectivity index (χ0n) is 10.1. The van der Waals surface area contributed by atoms with Crippen molar-refractivity contribution in [3.63, 3.8) is 0 Å². The van der Waals surface area contributed by atoms with Gasteiger partial charge in [0.05, 0.1) is 24.6 Å².